The molecule has 0 saturated heterocycles. The first kappa shape index (κ1) is 17.4. The van der Waals surface area contributed by atoms with E-state index < -0.39 is 10.0 Å². The van der Waals surface area contributed by atoms with Gasteiger partial charge in [-0.1, -0.05) is 36.4 Å². The molecule has 0 aliphatic carbocycles. The lowest BCUT2D eigenvalue weighted by Crippen LogP contribution is -2.31. The molecule has 0 aliphatic rings. The van der Waals surface area contributed by atoms with Crippen molar-refractivity contribution in [1.82, 2.24) is 19.5 Å². The van der Waals surface area contributed by atoms with Crippen LogP contribution in [0.4, 0.5) is 0 Å². The largest absolute Gasteiger partial charge is 0.306 e. The van der Waals surface area contributed by atoms with Crippen LogP contribution in [0.5, 0.6) is 0 Å². The van der Waals surface area contributed by atoms with E-state index in [4.69, 9.17) is 0 Å². The van der Waals surface area contributed by atoms with Crippen LogP contribution in [-0.4, -0.2) is 29.7 Å². The summed E-state index contributed by atoms with van der Waals surface area (Å²) in [5, 5.41) is 8.50. The second-order valence-electron chi connectivity index (χ2n) is 6.26. The van der Waals surface area contributed by atoms with E-state index in [-0.39, 0.29) is 23.5 Å². The summed E-state index contributed by atoms with van der Waals surface area (Å²) in [7, 11) is -3.62. The van der Waals surface area contributed by atoms with Crippen LogP contribution in [0.25, 0.3) is 21.8 Å². The number of benzene rings is 2. The standard InChI is InChI=1S/C19H18N4O3S/c1-13-17-18(22-21-13)15-9-5-6-10-16(15)23(19(17)24)12-11-20-27(25,26)14-7-3-2-4-8-14/h2-10,20H,11-12H2,1H3,(H,21,22). The zero-order chi connectivity index (χ0) is 19.0. The number of hydrogen-bond acceptors (Lipinski definition) is 4. The number of sulfonamides is 1. The summed E-state index contributed by atoms with van der Waals surface area (Å²) < 4.78 is 28.9. The van der Waals surface area contributed by atoms with Crippen molar-refractivity contribution in [3.05, 3.63) is 70.6 Å². The quantitative estimate of drug-likeness (QED) is 0.553. The van der Waals surface area contributed by atoms with Gasteiger partial charge in [0, 0.05) is 24.2 Å². The smallest absolute Gasteiger partial charge is 0.262 e. The Labute approximate surface area is 155 Å². The van der Waals surface area contributed by atoms with Gasteiger partial charge in [0.25, 0.3) is 5.56 Å². The molecule has 0 fully saturated rings. The lowest BCUT2D eigenvalue weighted by atomic mass is 10.1. The van der Waals surface area contributed by atoms with Gasteiger partial charge in [-0.2, -0.15) is 5.10 Å². The summed E-state index contributed by atoms with van der Waals surface area (Å²) in [6.45, 7) is 2.11. The number of hydrogen-bond donors (Lipinski definition) is 2. The Morgan fingerprint density at radius 1 is 1.07 bits per heavy atom. The van der Waals surface area contributed by atoms with E-state index in [0.29, 0.717) is 16.6 Å². The number of para-hydroxylation sites is 1. The fourth-order valence-corrected chi connectivity index (χ4v) is 4.28. The third-order valence-corrected chi connectivity index (χ3v) is 6.01. The molecule has 0 atom stereocenters. The van der Waals surface area contributed by atoms with Crippen molar-refractivity contribution in [2.24, 2.45) is 0 Å². The predicted octanol–water partition coefficient (Wildman–Crippen LogP) is 2.16. The molecular weight excluding hydrogens is 364 g/mol. The molecule has 138 valence electrons. The van der Waals surface area contributed by atoms with Gasteiger partial charge in [0.2, 0.25) is 10.0 Å². The van der Waals surface area contributed by atoms with Gasteiger partial charge < -0.3 is 4.57 Å². The number of rotatable bonds is 5. The number of pyridine rings is 1. The monoisotopic (exact) mass is 382 g/mol. The molecule has 2 heterocycles. The van der Waals surface area contributed by atoms with Gasteiger partial charge >= 0.3 is 0 Å². The number of aryl methyl sites for hydroxylation is 1. The van der Waals surface area contributed by atoms with E-state index in [9.17, 15) is 13.2 Å². The van der Waals surface area contributed by atoms with Crippen LogP contribution in [0.15, 0.2) is 64.3 Å². The van der Waals surface area contributed by atoms with Gasteiger partial charge in [-0.25, -0.2) is 13.1 Å². The first-order valence-corrected chi connectivity index (χ1v) is 9.98. The minimum Gasteiger partial charge on any atom is -0.306 e. The fraction of sp³-hybridized carbons (Fsp3) is 0.158. The molecule has 2 aromatic carbocycles. The van der Waals surface area contributed by atoms with Crippen molar-refractivity contribution in [3.63, 3.8) is 0 Å². The summed E-state index contributed by atoms with van der Waals surface area (Å²) in [5.74, 6) is 0. The zero-order valence-electron chi connectivity index (χ0n) is 14.6. The van der Waals surface area contributed by atoms with Crippen molar-refractivity contribution in [2.45, 2.75) is 18.4 Å². The van der Waals surface area contributed by atoms with Gasteiger partial charge in [-0.15, -0.1) is 0 Å². The molecule has 0 spiro atoms. The molecule has 0 unspecified atom stereocenters. The van der Waals surface area contributed by atoms with Crippen LogP contribution in [0.3, 0.4) is 0 Å². The van der Waals surface area contributed by atoms with Gasteiger partial charge in [0.1, 0.15) is 5.52 Å². The molecule has 2 aromatic heterocycles. The third-order valence-electron chi connectivity index (χ3n) is 4.54. The number of nitrogens with one attached hydrogen (secondary N) is 2. The highest BCUT2D eigenvalue weighted by Gasteiger charge is 2.16. The third kappa shape index (κ3) is 3.02. The summed E-state index contributed by atoms with van der Waals surface area (Å²) in [5.41, 5.74) is 1.86. The first-order valence-electron chi connectivity index (χ1n) is 8.50. The van der Waals surface area contributed by atoms with Gasteiger partial charge in [0.15, 0.2) is 0 Å². The Morgan fingerprint density at radius 3 is 2.56 bits per heavy atom. The Hall–Kier alpha value is -2.97. The number of aromatic amines is 1. The van der Waals surface area contributed by atoms with E-state index >= 15 is 0 Å². The Morgan fingerprint density at radius 2 is 1.78 bits per heavy atom. The van der Waals surface area contributed by atoms with Crippen LogP contribution in [-0.2, 0) is 16.6 Å². The van der Waals surface area contributed by atoms with E-state index in [0.717, 1.165) is 10.9 Å². The highest BCUT2D eigenvalue weighted by atomic mass is 32.2. The normalized spacial score (nSPS) is 12.0. The Bertz CT molecular complexity index is 1290. The van der Waals surface area contributed by atoms with Crippen molar-refractivity contribution in [1.29, 1.82) is 0 Å². The molecule has 4 rings (SSSR count). The predicted molar refractivity (Wildman–Crippen MR) is 104 cm³/mol. The lowest BCUT2D eigenvalue weighted by Gasteiger charge is -2.12. The van der Waals surface area contributed by atoms with Crippen molar-refractivity contribution >= 4 is 31.8 Å². The van der Waals surface area contributed by atoms with Gasteiger partial charge in [0.05, 0.1) is 15.8 Å². The molecule has 2 N–H and O–H groups in total. The van der Waals surface area contributed by atoms with Crippen LogP contribution < -0.4 is 10.3 Å². The number of nitrogens with zero attached hydrogens (tertiary/aromatic N) is 2. The van der Waals surface area contributed by atoms with Crippen LogP contribution in [0, 0.1) is 6.92 Å². The number of fused-ring (bicyclic) bond motifs is 3. The summed E-state index contributed by atoms with van der Waals surface area (Å²) in [6.07, 6.45) is 0. The van der Waals surface area contributed by atoms with E-state index in [1.807, 2.05) is 24.3 Å². The average molecular weight is 382 g/mol. The maximum Gasteiger partial charge on any atom is 0.262 e. The van der Waals surface area contributed by atoms with Crippen LogP contribution in [0.1, 0.15) is 5.69 Å². The topological polar surface area (TPSA) is 96.8 Å². The van der Waals surface area contributed by atoms with Gasteiger partial charge in [-0.05, 0) is 25.1 Å². The molecule has 8 heteroatoms. The molecule has 7 nitrogen and oxygen atoms in total. The van der Waals surface area contributed by atoms with Crippen molar-refractivity contribution in [3.8, 4) is 0 Å². The summed E-state index contributed by atoms with van der Waals surface area (Å²) in [4.78, 5) is 13.2. The van der Waals surface area contributed by atoms with E-state index in [2.05, 4.69) is 14.9 Å². The molecule has 0 aliphatic heterocycles. The van der Waals surface area contributed by atoms with Crippen molar-refractivity contribution < 1.29 is 8.42 Å². The molecule has 0 bridgehead atoms. The molecular formula is C19H18N4O3S. The molecule has 27 heavy (non-hydrogen) atoms. The molecule has 0 saturated carbocycles. The van der Waals surface area contributed by atoms with Crippen LogP contribution in [0.2, 0.25) is 0 Å². The second-order valence-corrected chi connectivity index (χ2v) is 8.02. The minimum absolute atomic E-state index is 0.101. The average Bonchev–Trinajstić information content (AvgIpc) is 3.07. The SMILES string of the molecule is Cc1[nH]nc2c1c(=O)n(CCNS(=O)(=O)c1ccccc1)c1ccccc21. The highest BCUT2D eigenvalue weighted by Crippen LogP contribution is 2.22. The van der Waals surface area contributed by atoms with E-state index in [1.165, 1.54) is 12.1 Å². The van der Waals surface area contributed by atoms with Crippen LogP contribution >= 0.6 is 0 Å². The van der Waals surface area contributed by atoms with Crippen molar-refractivity contribution in [2.75, 3.05) is 6.54 Å². The van der Waals surface area contributed by atoms with Gasteiger partial charge in [-0.3, -0.25) is 9.89 Å². The second kappa shape index (κ2) is 6.64. The summed E-state index contributed by atoms with van der Waals surface area (Å²) in [6, 6.07) is 15.6. The fourth-order valence-electron chi connectivity index (χ4n) is 3.24. The number of H-pyrrole nitrogens is 1. The highest BCUT2D eigenvalue weighted by molar-refractivity contribution is 7.89. The number of aromatic nitrogens is 3. The lowest BCUT2D eigenvalue weighted by molar-refractivity contribution is 0.573. The molecule has 0 amide bonds. The maximum absolute atomic E-state index is 13.0. The zero-order valence-corrected chi connectivity index (χ0v) is 15.5. The summed E-state index contributed by atoms with van der Waals surface area (Å²) >= 11 is 0. The minimum atomic E-state index is -3.62. The Kier molecular flexibility index (Phi) is 4.29. The Balaban J connectivity index is 1.71. The molecule has 0 radical (unpaired) electrons. The van der Waals surface area contributed by atoms with E-state index in [1.54, 1.807) is 29.7 Å². The molecule has 4 aromatic rings. The first-order chi connectivity index (χ1) is 13.0. The maximum atomic E-state index is 13.0.